The zero-order valence-corrected chi connectivity index (χ0v) is 14.2. The molecule has 0 radical (unpaired) electrons. The third kappa shape index (κ3) is 2.21. The van der Waals surface area contributed by atoms with Crippen molar-refractivity contribution in [3.63, 3.8) is 0 Å². The van der Waals surface area contributed by atoms with Gasteiger partial charge in [0.2, 0.25) is 0 Å². The maximum atomic E-state index is 6.36. The third-order valence-electron chi connectivity index (χ3n) is 5.51. The van der Waals surface area contributed by atoms with Crippen LogP contribution in [0.2, 0.25) is 0 Å². The summed E-state index contributed by atoms with van der Waals surface area (Å²) in [5.74, 6) is 3.08. The molecule has 0 amide bonds. The molecule has 2 atom stereocenters. The average Bonchev–Trinajstić information content (AvgIpc) is 2.45. The summed E-state index contributed by atoms with van der Waals surface area (Å²) in [5.41, 5.74) is 3.73. The quantitative estimate of drug-likeness (QED) is 0.817. The maximum Gasteiger partial charge on any atom is 0.131 e. The van der Waals surface area contributed by atoms with E-state index in [0.29, 0.717) is 30.3 Å². The molecule has 1 aromatic rings. The number of fused-ring (bicyclic) bond motifs is 1. The van der Waals surface area contributed by atoms with Crippen molar-refractivity contribution in [1.82, 2.24) is 9.97 Å². The molecule has 1 aromatic heterocycles. The van der Waals surface area contributed by atoms with Crippen molar-refractivity contribution in [2.24, 2.45) is 11.8 Å². The van der Waals surface area contributed by atoms with Crippen LogP contribution in [0.5, 0.6) is 0 Å². The Balaban J connectivity index is 2.05. The SMILES string of the molecule is CC(C)c1nc2c(c(C(C)C)n1)COC1(C2)C(C)CC1C. The van der Waals surface area contributed by atoms with Gasteiger partial charge in [0.25, 0.3) is 0 Å². The van der Waals surface area contributed by atoms with Crippen molar-refractivity contribution in [2.45, 2.75) is 78.4 Å². The van der Waals surface area contributed by atoms with Gasteiger partial charge in [0, 0.05) is 17.9 Å². The van der Waals surface area contributed by atoms with Crippen molar-refractivity contribution >= 4 is 0 Å². The van der Waals surface area contributed by atoms with Gasteiger partial charge in [0.05, 0.1) is 23.6 Å². The second-order valence-electron chi connectivity index (χ2n) is 7.66. The van der Waals surface area contributed by atoms with Crippen LogP contribution in [0, 0.1) is 11.8 Å². The monoisotopic (exact) mass is 288 g/mol. The van der Waals surface area contributed by atoms with Crippen molar-refractivity contribution in [1.29, 1.82) is 0 Å². The minimum absolute atomic E-state index is 0.0316. The summed E-state index contributed by atoms with van der Waals surface area (Å²) in [6.45, 7) is 14.1. The van der Waals surface area contributed by atoms with Gasteiger partial charge in [0.1, 0.15) is 5.82 Å². The van der Waals surface area contributed by atoms with Crippen molar-refractivity contribution in [3.8, 4) is 0 Å². The van der Waals surface area contributed by atoms with Crippen LogP contribution in [0.4, 0.5) is 0 Å². The molecule has 3 heteroatoms. The molecule has 2 heterocycles. The first kappa shape index (κ1) is 15.0. The van der Waals surface area contributed by atoms with Gasteiger partial charge in [-0.2, -0.15) is 0 Å². The van der Waals surface area contributed by atoms with E-state index in [9.17, 15) is 0 Å². The smallest absolute Gasteiger partial charge is 0.131 e. The zero-order chi connectivity index (χ0) is 15.4. The van der Waals surface area contributed by atoms with E-state index in [2.05, 4.69) is 41.5 Å². The Labute approximate surface area is 128 Å². The molecule has 0 aromatic carbocycles. The topological polar surface area (TPSA) is 35.0 Å². The molecular weight excluding hydrogens is 260 g/mol. The molecule has 0 N–H and O–H groups in total. The van der Waals surface area contributed by atoms with Crippen LogP contribution in [0.15, 0.2) is 0 Å². The lowest BCUT2D eigenvalue weighted by atomic mass is 9.59. The lowest BCUT2D eigenvalue weighted by molar-refractivity contribution is -0.196. The third-order valence-corrected chi connectivity index (χ3v) is 5.51. The van der Waals surface area contributed by atoms with Crippen LogP contribution < -0.4 is 0 Å². The highest BCUT2D eigenvalue weighted by Crippen LogP contribution is 2.51. The summed E-state index contributed by atoms with van der Waals surface area (Å²) in [6, 6.07) is 0. The number of aromatic nitrogens is 2. The molecule has 1 saturated carbocycles. The summed E-state index contributed by atoms with van der Waals surface area (Å²) >= 11 is 0. The summed E-state index contributed by atoms with van der Waals surface area (Å²) in [5, 5.41) is 0. The van der Waals surface area contributed by atoms with Crippen LogP contribution >= 0.6 is 0 Å². The summed E-state index contributed by atoms with van der Waals surface area (Å²) in [6.07, 6.45) is 2.24. The van der Waals surface area contributed by atoms with Crippen LogP contribution in [0.3, 0.4) is 0 Å². The van der Waals surface area contributed by atoms with E-state index >= 15 is 0 Å². The second-order valence-corrected chi connectivity index (χ2v) is 7.66. The Morgan fingerprint density at radius 3 is 2.24 bits per heavy atom. The van der Waals surface area contributed by atoms with Gasteiger partial charge in [-0.25, -0.2) is 9.97 Å². The standard InChI is InChI=1S/C18H28N2O/c1-10(2)16-14-9-21-18(12(5)7-13(18)6)8-15(14)19-17(20-16)11(3)4/h10-13H,7-9H2,1-6H3. The van der Waals surface area contributed by atoms with Crippen LogP contribution in [-0.2, 0) is 17.8 Å². The molecule has 1 aliphatic carbocycles. The lowest BCUT2D eigenvalue weighted by Gasteiger charge is -2.55. The lowest BCUT2D eigenvalue weighted by Crippen LogP contribution is -2.58. The maximum absolute atomic E-state index is 6.36. The Bertz CT molecular complexity index is 542. The molecule has 21 heavy (non-hydrogen) atoms. The fourth-order valence-corrected chi connectivity index (χ4v) is 4.02. The van der Waals surface area contributed by atoms with Gasteiger partial charge in [-0.05, 0) is 24.2 Å². The largest absolute Gasteiger partial charge is 0.369 e. The van der Waals surface area contributed by atoms with E-state index in [-0.39, 0.29) is 5.60 Å². The van der Waals surface area contributed by atoms with E-state index in [1.165, 1.54) is 23.4 Å². The average molecular weight is 288 g/mol. The molecule has 2 aliphatic rings. The van der Waals surface area contributed by atoms with Crippen molar-refractivity contribution < 1.29 is 4.74 Å². The zero-order valence-electron chi connectivity index (χ0n) is 14.2. The molecule has 0 saturated heterocycles. The first-order chi connectivity index (χ1) is 9.85. The van der Waals surface area contributed by atoms with Gasteiger partial charge in [0.15, 0.2) is 0 Å². The van der Waals surface area contributed by atoms with Gasteiger partial charge >= 0.3 is 0 Å². The fourth-order valence-electron chi connectivity index (χ4n) is 4.02. The van der Waals surface area contributed by atoms with Gasteiger partial charge in [-0.1, -0.05) is 41.5 Å². The Hall–Kier alpha value is -0.960. The molecule has 1 spiro atoms. The number of hydrogen-bond donors (Lipinski definition) is 0. The predicted octanol–water partition coefficient (Wildman–Crippen LogP) is 4.21. The van der Waals surface area contributed by atoms with E-state index in [1.54, 1.807) is 0 Å². The van der Waals surface area contributed by atoms with E-state index < -0.39 is 0 Å². The second kappa shape index (κ2) is 5.05. The highest BCUT2D eigenvalue weighted by Gasteiger charge is 2.53. The number of rotatable bonds is 2. The number of ether oxygens (including phenoxy) is 1. The van der Waals surface area contributed by atoms with Gasteiger partial charge in [-0.15, -0.1) is 0 Å². The van der Waals surface area contributed by atoms with Crippen LogP contribution in [0.25, 0.3) is 0 Å². The Morgan fingerprint density at radius 1 is 1.05 bits per heavy atom. The van der Waals surface area contributed by atoms with Crippen molar-refractivity contribution in [2.75, 3.05) is 0 Å². The summed E-state index contributed by atoms with van der Waals surface area (Å²) in [7, 11) is 0. The summed E-state index contributed by atoms with van der Waals surface area (Å²) in [4.78, 5) is 9.73. The minimum Gasteiger partial charge on any atom is -0.369 e. The summed E-state index contributed by atoms with van der Waals surface area (Å²) < 4.78 is 6.36. The molecule has 2 unspecified atom stereocenters. The van der Waals surface area contributed by atoms with Crippen LogP contribution in [-0.4, -0.2) is 15.6 Å². The fraction of sp³-hybridized carbons (Fsp3) is 0.778. The number of nitrogens with zero attached hydrogens (tertiary/aromatic N) is 2. The Morgan fingerprint density at radius 2 is 1.71 bits per heavy atom. The number of hydrogen-bond acceptors (Lipinski definition) is 3. The van der Waals surface area contributed by atoms with Crippen LogP contribution in [0.1, 0.15) is 82.6 Å². The van der Waals surface area contributed by atoms with E-state index in [0.717, 1.165) is 12.2 Å². The first-order valence-corrected chi connectivity index (χ1v) is 8.38. The highest BCUT2D eigenvalue weighted by atomic mass is 16.5. The van der Waals surface area contributed by atoms with Crippen molar-refractivity contribution in [3.05, 3.63) is 22.8 Å². The van der Waals surface area contributed by atoms with Gasteiger partial charge in [-0.3, -0.25) is 0 Å². The van der Waals surface area contributed by atoms with E-state index in [1.807, 2.05) is 0 Å². The van der Waals surface area contributed by atoms with Gasteiger partial charge < -0.3 is 4.74 Å². The predicted molar refractivity (Wildman–Crippen MR) is 84.4 cm³/mol. The molecule has 116 valence electrons. The molecular formula is C18H28N2O. The molecule has 3 rings (SSSR count). The molecule has 1 fully saturated rings. The first-order valence-electron chi connectivity index (χ1n) is 8.38. The molecule has 3 nitrogen and oxygen atoms in total. The minimum atomic E-state index is 0.0316. The Kier molecular flexibility index (Phi) is 3.59. The normalized spacial score (nSPS) is 31.6. The highest BCUT2D eigenvalue weighted by molar-refractivity contribution is 5.32. The van der Waals surface area contributed by atoms with E-state index in [4.69, 9.17) is 14.7 Å². The molecule has 0 bridgehead atoms. The molecule has 1 aliphatic heterocycles.